The van der Waals surface area contributed by atoms with Crippen molar-refractivity contribution in [3.63, 3.8) is 0 Å². The van der Waals surface area contributed by atoms with E-state index in [-0.39, 0.29) is 29.0 Å². The fourth-order valence-electron chi connectivity index (χ4n) is 2.33. The molecule has 0 spiro atoms. The molecule has 0 heterocycles. The zero-order valence-electron chi connectivity index (χ0n) is 13.0. The number of aliphatic hydroxyl groups is 1. The number of rotatable bonds is 3. The summed E-state index contributed by atoms with van der Waals surface area (Å²) in [6, 6.07) is -0.0296. The van der Waals surface area contributed by atoms with Crippen LogP contribution >= 0.6 is 0 Å². The Morgan fingerprint density at radius 1 is 1.42 bits per heavy atom. The van der Waals surface area contributed by atoms with Gasteiger partial charge in [0.05, 0.1) is 6.10 Å². The SMILES string of the molecule is CC(NC(=O)NCC1(C)CCCCC1O)C(C)(C)C. The second-order valence-corrected chi connectivity index (χ2v) is 7.33. The minimum absolute atomic E-state index is 0.0472. The Bertz CT molecular complexity index is 312. The Hall–Kier alpha value is -0.770. The molecule has 112 valence electrons. The second kappa shape index (κ2) is 6.12. The molecule has 3 unspecified atom stereocenters. The van der Waals surface area contributed by atoms with Gasteiger partial charge in [0.25, 0.3) is 0 Å². The minimum Gasteiger partial charge on any atom is -0.392 e. The van der Waals surface area contributed by atoms with Gasteiger partial charge in [0, 0.05) is 18.0 Å². The fraction of sp³-hybridized carbons (Fsp3) is 0.933. The predicted molar refractivity (Wildman–Crippen MR) is 78.0 cm³/mol. The predicted octanol–water partition coefficient (Wildman–Crippen LogP) is 2.66. The Kier molecular flexibility index (Phi) is 5.25. The highest BCUT2D eigenvalue weighted by Crippen LogP contribution is 2.35. The summed E-state index contributed by atoms with van der Waals surface area (Å²) in [5.74, 6) is 0. The van der Waals surface area contributed by atoms with Gasteiger partial charge in [-0.15, -0.1) is 0 Å². The molecule has 4 heteroatoms. The van der Waals surface area contributed by atoms with E-state index in [0.29, 0.717) is 6.54 Å². The summed E-state index contributed by atoms with van der Waals surface area (Å²) < 4.78 is 0. The van der Waals surface area contributed by atoms with E-state index in [1.807, 2.05) is 6.92 Å². The number of carbonyl (C=O) groups excluding carboxylic acids is 1. The Morgan fingerprint density at radius 3 is 2.58 bits per heavy atom. The van der Waals surface area contributed by atoms with Gasteiger partial charge in [0.2, 0.25) is 0 Å². The lowest BCUT2D eigenvalue weighted by atomic mass is 9.73. The first kappa shape index (κ1) is 16.3. The summed E-state index contributed by atoms with van der Waals surface area (Å²) >= 11 is 0. The van der Waals surface area contributed by atoms with Crippen LogP contribution in [-0.4, -0.2) is 29.8 Å². The lowest BCUT2D eigenvalue weighted by Crippen LogP contribution is -2.51. The van der Waals surface area contributed by atoms with Crippen molar-refractivity contribution in [2.75, 3.05) is 6.54 Å². The van der Waals surface area contributed by atoms with Crippen LogP contribution in [0.3, 0.4) is 0 Å². The molecular formula is C15H30N2O2. The van der Waals surface area contributed by atoms with Gasteiger partial charge >= 0.3 is 6.03 Å². The lowest BCUT2D eigenvalue weighted by molar-refractivity contribution is 0.00299. The summed E-state index contributed by atoms with van der Waals surface area (Å²) in [6.45, 7) is 10.9. The average molecular weight is 270 g/mol. The lowest BCUT2D eigenvalue weighted by Gasteiger charge is -2.38. The van der Waals surface area contributed by atoms with Crippen LogP contribution in [0.25, 0.3) is 0 Å². The number of nitrogens with one attached hydrogen (secondary N) is 2. The first-order chi connectivity index (χ1) is 8.65. The maximum atomic E-state index is 11.9. The molecule has 19 heavy (non-hydrogen) atoms. The summed E-state index contributed by atoms with van der Waals surface area (Å²) in [6.07, 6.45) is 3.74. The molecule has 0 aromatic carbocycles. The van der Waals surface area contributed by atoms with Crippen molar-refractivity contribution in [3.05, 3.63) is 0 Å². The van der Waals surface area contributed by atoms with Crippen LogP contribution < -0.4 is 10.6 Å². The van der Waals surface area contributed by atoms with Gasteiger partial charge in [-0.3, -0.25) is 0 Å². The van der Waals surface area contributed by atoms with E-state index >= 15 is 0 Å². The number of aliphatic hydroxyl groups excluding tert-OH is 1. The fourth-order valence-corrected chi connectivity index (χ4v) is 2.33. The molecule has 0 bridgehead atoms. The molecule has 4 nitrogen and oxygen atoms in total. The molecule has 3 N–H and O–H groups in total. The van der Waals surface area contributed by atoms with Crippen molar-refractivity contribution in [3.8, 4) is 0 Å². The Morgan fingerprint density at radius 2 is 2.05 bits per heavy atom. The molecule has 1 rings (SSSR count). The van der Waals surface area contributed by atoms with E-state index in [1.54, 1.807) is 0 Å². The van der Waals surface area contributed by atoms with E-state index in [9.17, 15) is 9.90 Å². The summed E-state index contributed by atoms with van der Waals surface area (Å²) in [5, 5.41) is 16.0. The number of hydrogen-bond acceptors (Lipinski definition) is 2. The highest BCUT2D eigenvalue weighted by Gasteiger charge is 2.35. The molecule has 0 aromatic rings. The quantitative estimate of drug-likeness (QED) is 0.738. The maximum Gasteiger partial charge on any atom is 0.315 e. The van der Waals surface area contributed by atoms with Gasteiger partial charge in [-0.2, -0.15) is 0 Å². The van der Waals surface area contributed by atoms with Crippen molar-refractivity contribution in [2.24, 2.45) is 10.8 Å². The van der Waals surface area contributed by atoms with E-state index in [1.165, 1.54) is 0 Å². The van der Waals surface area contributed by atoms with Crippen LogP contribution in [0.1, 0.15) is 60.3 Å². The highest BCUT2D eigenvalue weighted by atomic mass is 16.3. The van der Waals surface area contributed by atoms with Gasteiger partial charge in [-0.05, 0) is 25.2 Å². The van der Waals surface area contributed by atoms with Crippen molar-refractivity contribution in [1.29, 1.82) is 0 Å². The number of hydrogen-bond donors (Lipinski definition) is 3. The maximum absolute atomic E-state index is 11.9. The third kappa shape index (κ3) is 4.68. The normalized spacial score (nSPS) is 29.7. The molecule has 2 amide bonds. The van der Waals surface area contributed by atoms with E-state index < -0.39 is 0 Å². The van der Waals surface area contributed by atoms with Crippen molar-refractivity contribution in [2.45, 2.75) is 72.4 Å². The van der Waals surface area contributed by atoms with Gasteiger partial charge in [0.1, 0.15) is 0 Å². The monoisotopic (exact) mass is 270 g/mol. The zero-order chi connectivity index (χ0) is 14.7. The van der Waals surface area contributed by atoms with Crippen LogP contribution in [0.2, 0.25) is 0 Å². The first-order valence-corrected chi connectivity index (χ1v) is 7.37. The number of amides is 2. The molecular weight excluding hydrogens is 240 g/mol. The van der Waals surface area contributed by atoms with Crippen LogP contribution in [0, 0.1) is 10.8 Å². The van der Waals surface area contributed by atoms with Crippen LogP contribution in [-0.2, 0) is 0 Å². The molecule has 0 aliphatic heterocycles. The molecule has 1 fully saturated rings. The highest BCUT2D eigenvalue weighted by molar-refractivity contribution is 5.74. The van der Waals surface area contributed by atoms with E-state index in [2.05, 4.69) is 38.3 Å². The van der Waals surface area contributed by atoms with Gasteiger partial charge in [-0.1, -0.05) is 40.5 Å². The zero-order valence-corrected chi connectivity index (χ0v) is 13.0. The van der Waals surface area contributed by atoms with Crippen LogP contribution in [0.5, 0.6) is 0 Å². The van der Waals surface area contributed by atoms with Crippen molar-refractivity contribution in [1.82, 2.24) is 10.6 Å². The molecule has 0 aromatic heterocycles. The minimum atomic E-state index is -0.304. The molecule has 0 radical (unpaired) electrons. The van der Waals surface area contributed by atoms with Crippen molar-refractivity contribution >= 4 is 6.03 Å². The average Bonchev–Trinajstić information content (AvgIpc) is 2.30. The van der Waals surface area contributed by atoms with Gasteiger partial charge in [0.15, 0.2) is 0 Å². The van der Waals surface area contributed by atoms with Gasteiger partial charge in [-0.25, -0.2) is 4.79 Å². The smallest absolute Gasteiger partial charge is 0.315 e. The largest absolute Gasteiger partial charge is 0.392 e. The number of urea groups is 1. The van der Waals surface area contributed by atoms with Gasteiger partial charge < -0.3 is 15.7 Å². The topological polar surface area (TPSA) is 61.4 Å². The molecule has 0 saturated heterocycles. The Labute approximate surface area is 117 Å². The summed E-state index contributed by atoms with van der Waals surface area (Å²) in [5.41, 5.74) is -0.133. The first-order valence-electron chi connectivity index (χ1n) is 7.37. The molecule has 1 aliphatic carbocycles. The second-order valence-electron chi connectivity index (χ2n) is 7.33. The van der Waals surface area contributed by atoms with E-state index in [0.717, 1.165) is 25.7 Å². The van der Waals surface area contributed by atoms with E-state index in [4.69, 9.17) is 0 Å². The third-order valence-electron chi connectivity index (χ3n) is 4.58. The Balaban J connectivity index is 2.41. The van der Waals surface area contributed by atoms with Crippen molar-refractivity contribution < 1.29 is 9.90 Å². The number of carbonyl (C=O) groups is 1. The third-order valence-corrected chi connectivity index (χ3v) is 4.58. The molecule has 1 aliphatic rings. The molecule has 3 atom stereocenters. The van der Waals surface area contributed by atoms with Crippen LogP contribution in [0.4, 0.5) is 4.79 Å². The summed E-state index contributed by atoms with van der Waals surface area (Å²) in [7, 11) is 0. The standard InChI is InChI=1S/C15H30N2O2/c1-11(14(2,3)4)17-13(19)16-10-15(5)9-7-6-8-12(15)18/h11-12,18H,6-10H2,1-5H3,(H2,16,17,19). The molecule has 1 saturated carbocycles. The summed E-state index contributed by atoms with van der Waals surface area (Å²) in [4.78, 5) is 11.9. The van der Waals surface area contributed by atoms with Crippen LogP contribution in [0.15, 0.2) is 0 Å².